The summed E-state index contributed by atoms with van der Waals surface area (Å²) in [4.78, 5) is 11.8. The monoisotopic (exact) mass is 217 g/mol. The maximum Gasteiger partial charge on any atom is 0.251 e. The summed E-state index contributed by atoms with van der Waals surface area (Å²) in [5.74, 6) is 0.528. The van der Waals surface area contributed by atoms with Crippen LogP contribution < -0.4 is 5.32 Å². The Bertz CT molecular complexity index is 432. The van der Waals surface area contributed by atoms with Crippen LogP contribution in [-0.2, 0) is 5.41 Å². The standard InChI is InChI=1S/C14H19NO/c1-9(2)10-5-6-12-11(7-10)13(16)15-8-14(12,3)4/h5-7,9H,8H2,1-4H3,(H,15,16). The molecule has 1 N–H and O–H groups in total. The molecule has 1 aromatic carbocycles. The van der Waals surface area contributed by atoms with Gasteiger partial charge in [-0.2, -0.15) is 0 Å². The number of carbonyl (C=O) groups is 1. The molecule has 1 heterocycles. The molecule has 0 aliphatic carbocycles. The number of carbonyl (C=O) groups excluding carboxylic acids is 1. The van der Waals surface area contributed by atoms with Crippen molar-refractivity contribution in [1.82, 2.24) is 5.32 Å². The summed E-state index contributed by atoms with van der Waals surface area (Å²) < 4.78 is 0. The van der Waals surface area contributed by atoms with E-state index in [0.29, 0.717) is 5.92 Å². The van der Waals surface area contributed by atoms with Gasteiger partial charge in [-0.25, -0.2) is 0 Å². The number of hydrogen-bond donors (Lipinski definition) is 1. The molecule has 0 saturated heterocycles. The second-order valence-corrected chi connectivity index (χ2v) is 5.53. The lowest BCUT2D eigenvalue weighted by Gasteiger charge is -2.32. The highest BCUT2D eigenvalue weighted by Gasteiger charge is 2.31. The molecule has 86 valence electrons. The molecule has 1 aliphatic heterocycles. The Morgan fingerprint density at radius 3 is 2.62 bits per heavy atom. The molecule has 0 bridgehead atoms. The maximum absolute atomic E-state index is 11.8. The first kappa shape index (κ1) is 11.2. The molecular weight excluding hydrogens is 198 g/mol. The quantitative estimate of drug-likeness (QED) is 0.770. The number of rotatable bonds is 1. The highest BCUT2D eigenvalue weighted by atomic mass is 16.1. The van der Waals surface area contributed by atoms with Crippen LogP contribution in [-0.4, -0.2) is 12.5 Å². The summed E-state index contributed by atoms with van der Waals surface area (Å²) in [5, 5.41) is 2.96. The number of fused-ring (bicyclic) bond motifs is 1. The van der Waals surface area contributed by atoms with E-state index in [2.05, 4.69) is 45.1 Å². The zero-order chi connectivity index (χ0) is 11.9. The normalized spacial score (nSPS) is 18.2. The Balaban J connectivity index is 2.56. The topological polar surface area (TPSA) is 29.1 Å². The summed E-state index contributed by atoms with van der Waals surface area (Å²) in [6.45, 7) is 9.35. The van der Waals surface area contributed by atoms with Gasteiger partial charge in [-0.1, -0.05) is 39.8 Å². The highest BCUT2D eigenvalue weighted by Crippen LogP contribution is 2.31. The minimum atomic E-state index is 0.0404. The summed E-state index contributed by atoms with van der Waals surface area (Å²) in [6, 6.07) is 6.30. The van der Waals surface area contributed by atoms with E-state index >= 15 is 0 Å². The third-order valence-corrected chi connectivity index (χ3v) is 3.37. The number of benzene rings is 1. The van der Waals surface area contributed by atoms with Crippen molar-refractivity contribution in [2.75, 3.05) is 6.54 Å². The first-order valence-electron chi connectivity index (χ1n) is 5.84. The van der Waals surface area contributed by atoms with E-state index in [4.69, 9.17) is 0 Å². The van der Waals surface area contributed by atoms with Gasteiger partial charge in [0.2, 0.25) is 0 Å². The van der Waals surface area contributed by atoms with E-state index < -0.39 is 0 Å². The molecule has 0 fully saturated rings. The fourth-order valence-electron chi connectivity index (χ4n) is 2.19. The van der Waals surface area contributed by atoms with Crippen molar-refractivity contribution in [3.8, 4) is 0 Å². The molecule has 2 rings (SSSR count). The van der Waals surface area contributed by atoms with Gasteiger partial charge < -0.3 is 5.32 Å². The van der Waals surface area contributed by atoms with E-state index in [1.807, 2.05) is 6.07 Å². The molecule has 0 unspecified atom stereocenters. The van der Waals surface area contributed by atoms with Gasteiger partial charge in [-0.05, 0) is 23.1 Å². The van der Waals surface area contributed by atoms with Gasteiger partial charge in [-0.15, -0.1) is 0 Å². The van der Waals surface area contributed by atoms with Crippen LogP contribution in [0.4, 0.5) is 0 Å². The van der Waals surface area contributed by atoms with Gasteiger partial charge in [0.25, 0.3) is 5.91 Å². The molecule has 2 heteroatoms. The molecule has 0 atom stereocenters. The van der Waals surface area contributed by atoms with Gasteiger partial charge in [0.1, 0.15) is 0 Å². The largest absolute Gasteiger partial charge is 0.351 e. The molecule has 2 nitrogen and oxygen atoms in total. The van der Waals surface area contributed by atoms with Crippen LogP contribution >= 0.6 is 0 Å². The third kappa shape index (κ3) is 1.73. The van der Waals surface area contributed by atoms with Crippen molar-refractivity contribution < 1.29 is 4.79 Å². The van der Waals surface area contributed by atoms with Gasteiger partial charge in [0.05, 0.1) is 0 Å². The van der Waals surface area contributed by atoms with Crippen LogP contribution in [0.1, 0.15) is 55.1 Å². The molecule has 0 aromatic heterocycles. The summed E-state index contributed by atoms with van der Waals surface area (Å²) in [5.41, 5.74) is 3.29. The van der Waals surface area contributed by atoms with E-state index in [-0.39, 0.29) is 11.3 Å². The van der Waals surface area contributed by atoms with Crippen molar-refractivity contribution in [2.24, 2.45) is 0 Å². The van der Waals surface area contributed by atoms with Crippen LogP contribution in [0.2, 0.25) is 0 Å². The second kappa shape index (κ2) is 3.62. The Morgan fingerprint density at radius 1 is 1.31 bits per heavy atom. The Kier molecular flexibility index (Phi) is 2.53. The number of nitrogens with one attached hydrogen (secondary N) is 1. The zero-order valence-electron chi connectivity index (χ0n) is 10.4. The molecule has 0 saturated carbocycles. The van der Waals surface area contributed by atoms with E-state index in [9.17, 15) is 4.79 Å². The van der Waals surface area contributed by atoms with Crippen LogP contribution in [0.25, 0.3) is 0 Å². The van der Waals surface area contributed by atoms with Crippen LogP contribution in [0, 0.1) is 0 Å². The van der Waals surface area contributed by atoms with Crippen molar-refractivity contribution >= 4 is 5.91 Å². The van der Waals surface area contributed by atoms with Gasteiger partial charge in [0.15, 0.2) is 0 Å². The highest BCUT2D eigenvalue weighted by molar-refractivity contribution is 5.97. The molecule has 1 aromatic rings. The van der Waals surface area contributed by atoms with Crippen LogP contribution in [0.5, 0.6) is 0 Å². The van der Waals surface area contributed by atoms with Crippen molar-refractivity contribution in [3.63, 3.8) is 0 Å². The van der Waals surface area contributed by atoms with Crippen molar-refractivity contribution in [1.29, 1.82) is 0 Å². The average Bonchev–Trinajstić information content (AvgIpc) is 2.23. The second-order valence-electron chi connectivity index (χ2n) is 5.53. The Labute approximate surface area is 97.1 Å². The first-order chi connectivity index (χ1) is 7.42. The van der Waals surface area contributed by atoms with Gasteiger partial charge >= 0.3 is 0 Å². The molecule has 0 radical (unpaired) electrons. The smallest absolute Gasteiger partial charge is 0.251 e. The SMILES string of the molecule is CC(C)c1ccc2c(c1)C(=O)NCC2(C)C. The molecule has 1 aliphatic rings. The minimum Gasteiger partial charge on any atom is -0.351 e. The minimum absolute atomic E-state index is 0.0404. The van der Waals surface area contributed by atoms with Gasteiger partial charge in [-0.3, -0.25) is 4.79 Å². The molecule has 1 amide bonds. The summed E-state index contributed by atoms with van der Waals surface area (Å²) in [7, 11) is 0. The Hall–Kier alpha value is -1.31. The lowest BCUT2D eigenvalue weighted by atomic mass is 9.78. The average molecular weight is 217 g/mol. The fourth-order valence-corrected chi connectivity index (χ4v) is 2.19. The third-order valence-electron chi connectivity index (χ3n) is 3.37. The molecule has 0 spiro atoms. The zero-order valence-corrected chi connectivity index (χ0v) is 10.4. The molecule has 16 heavy (non-hydrogen) atoms. The first-order valence-corrected chi connectivity index (χ1v) is 5.84. The summed E-state index contributed by atoms with van der Waals surface area (Å²) >= 11 is 0. The van der Waals surface area contributed by atoms with E-state index in [1.54, 1.807) is 0 Å². The van der Waals surface area contributed by atoms with Crippen molar-refractivity contribution in [3.05, 3.63) is 34.9 Å². The predicted molar refractivity (Wildman–Crippen MR) is 65.9 cm³/mol. The lowest BCUT2D eigenvalue weighted by Crippen LogP contribution is -2.43. The fraction of sp³-hybridized carbons (Fsp3) is 0.500. The number of amides is 1. The van der Waals surface area contributed by atoms with Gasteiger partial charge in [0, 0.05) is 17.5 Å². The maximum atomic E-state index is 11.8. The van der Waals surface area contributed by atoms with Crippen molar-refractivity contribution in [2.45, 2.75) is 39.0 Å². The van der Waals surface area contributed by atoms with Crippen LogP contribution in [0.15, 0.2) is 18.2 Å². The summed E-state index contributed by atoms with van der Waals surface area (Å²) in [6.07, 6.45) is 0. The van der Waals surface area contributed by atoms with E-state index in [1.165, 1.54) is 11.1 Å². The van der Waals surface area contributed by atoms with Crippen LogP contribution in [0.3, 0.4) is 0 Å². The molecular formula is C14H19NO. The number of hydrogen-bond acceptors (Lipinski definition) is 1. The van der Waals surface area contributed by atoms with E-state index in [0.717, 1.165) is 12.1 Å². The predicted octanol–water partition coefficient (Wildman–Crippen LogP) is 2.83. The lowest BCUT2D eigenvalue weighted by molar-refractivity contribution is 0.0929. The Morgan fingerprint density at radius 2 is 2.00 bits per heavy atom.